The standard InChI is InChI=1S/C19H24N4O5S2/c1-13(17(24)22-19-20-9-11-29-19)21-18(25)14-4-3-10-23(12-14)30(26,27)16-7-5-15(28-2)6-8-16/h5-9,11,13-14H,3-4,10,12H2,1-2H3,(H,21,25)(H,20,22,24)/t13-,14?/m0/s1. The first-order valence-electron chi connectivity index (χ1n) is 9.46. The van der Waals surface area contributed by atoms with Crippen molar-refractivity contribution in [2.24, 2.45) is 5.92 Å². The van der Waals surface area contributed by atoms with Gasteiger partial charge < -0.3 is 15.4 Å². The number of hydrogen-bond acceptors (Lipinski definition) is 7. The summed E-state index contributed by atoms with van der Waals surface area (Å²) in [5.74, 6) is -0.681. The Morgan fingerprint density at radius 3 is 2.67 bits per heavy atom. The summed E-state index contributed by atoms with van der Waals surface area (Å²) < 4.78 is 32.3. The van der Waals surface area contributed by atoms with Gasteiger partial charge in [0, 0.05) is 24.7 Å². The third-order valence-corrected chi connectivity index (χ3v) is 7.43. The lowest BCUT2D eigenvalue weighted by atomic mass is 9.98. The van der Waals surface area contributed by atoms with E-state index >= 15 is 0 Å². The Hall–Kier alpha value is -2.50. The summed E-state index contributed by atoms with van der Waals surface area (Å²) in [6.07, 6.45) is 2.69. The Morgan fingerprint density at radius 1 is 1.30 bits per heavy atom. The van der Waals surface area contributed by atoms with Gasteiger partial charge in [0.2, 0.25) is 21.8 Å². The highest BCUT2D eigenvalue weighted by Crippen LogP contribution is 2.25. The number of carbonyl (C=O) groups excluding carboxylic acids is 2. The van der Waals surface area contributed by atoms with Crippen LogP contribution in [0.25, 0.3) is 0 Å². The predicted octanol–water partition coefficient (Wildman–Crippen LogP) is 1.70. The minimum Gasteiger partial charge on any atom is -0.497 e. The maximum Gasteiger partial charge on any atom is 0.248 e. The van der Waals surface area contributed by atoms with Crippen molar-refractivity contribution in [3.63, 3.8) is 0 Å². The number of carbonyl (C=O) groups is 2. The Kier molecular flexibility index (Phi) is 7.06. The van der Waals surface area contributed by atoms with E-state index in [1.165, 1.54) is 34.9 Å². The summed E-state index contributed by atoms with van der Waals surface area (Å²) in [6, 6.07) is 5.38. The maximum atomic E-state index is 12.9. The normalized spacial score (nSPS) is 18.4. The number of sulfonamides is 1. The molecule has 0 aliphatic carbocycles. The van der Waals surface area contributed by atoms with E-state index in [9.17, 15) is 18.0 Å². The van der Waals surface area contributed by atoms with Gasteiger partial charge in [-0.25, -0.2) is 13.4 Å². The molecule has 1 aromatic carbocycles. The minimum absolute atomic E-state index is 0.0705. The zero-order valence-corrected chi connectivity index (χ0v) is 18.3. The van der Waals surface area contributed by atoms with Crippen molar-refractivity contribution in [1.29, 1.82) is 0 Å². The lowest BCUT2D eigenvalue weighted by molar-refractivity contribution is -0.129. The highest BCUT2D eigenvalue weighted by atomic mass is 32.2. The number of nitrogens with zero attached hydrogens (tertiary/aromatic N) is 2. The molecule has 2 atom stereocenters. The average molecular weight is 453 g/mol. The van der Waals surface area contributed by atoms with Gasteiger partial charge in [0.1, 0.15) is 11.8 Å². The largest absolute Gasteiger partial charge is 0.497 e. The van der Waals surface area contributed by atoms with Crippen LogP contribution in [0.4, 0.5) is 5.13 Å². The number of piperidine rings is 1. The van der Waals surface area contributed by atoms with E-state index in [-0.39, 0.29) is 23.3 Å². The molecule has 1 fully saturated rings. The van der Waals surface area contributed by atoms with Crippen molar-refractivity contribution in [1.82, 2.24) is 14.6 Å². The molecule has 2 amide bonds. The second kappa shape index (κ2) is 9.54. The molecular formula is C19H24N4O5S2. The lowest BCUT2D eigenvalue weighted by Crippen LogP contribution is -2.49. The van der Waals surface area contributed by atoms with Gasteiger partial charge in [-0.05, 0) is 44.0 Å². The Morgan fingerprint density at radius 2 is 2.03 bits per heavy atom. The molecule has 11 heteroatoms. The second-order valence-corrected chi connectivity index (χ2v) is 9.77. The van der Waals surface area contributed by atoms with Crippen LogP contribution in [0.3, 0.4) is 0 Å². The summed E-state index contributed by atoms with van der Waals surface area (Å²) in [7, 11) is -2.21. The number of amides is 2. The lowest BCUT2D eigenvalue weighted by Gasteiger charge is -2.31. The van der Waals surface area contributed by atoms with Crippen LogP contribution < -0.4 is 15.4 Å². The molecular weight excluding hydrogens is 428 g/mol. The molecule has 2 N–H and O–H groups in total. The van der Waals surface area contributed by atoms with E-state index < -0.39 is 22.0 Å². The number of rotatable bonds is 7. The van der Waals surface area contributed by atoms with Gasteiger partial charge in [0.25, 0.3) is 0 Å². The average Bonchev–Trinajstić information content (AvgIpc) is 3.26. The predicted molar refractivity (Wildman–Crippen MR) is 113 cm³/mol. The van der Waals surface area contributed by atoms with Crippen LogP contribution in [0.1, 0.15) is 19.8 Å². The monoisotopic (exact) mass is 452 g/mol. The Balaban J connectivity index is 1.61. The summed E-state index contributed by atoms with van der Waals surface area (Å²) in [5.41, 5.74) is 0. The van der Waals surface area contributed by atoms with E-state index in [2.05, 4.69) is 15.6 Å². The van der Waals surface area contributed by atoms with Crippen LogP contribution in [0, 0.1) is 5.92 Å². The number of methoxy groups -OCH3 is 1. The van der Waals surface area contributed by atoms with E-state index in [4.69, 9.17) is 4.74 Å². The molecule has 2 heterocycles. The Bertz CT molecular complexity index is 977. The first-order chi connectivity index (χ1) is 14.3. The summed E-state index contributed by atoms with van der Waals surface area (Å²) in [6.45, 7) is 1.99. The van der Waals surface area contributed by atoms with Gasteiger partial charge in [-0.3, -0.25) is 9.59 Å². The zero-order valence-electron chi connectivity index (χ0n) is 16.7. The number of aromatic nitrogens is 1. The molecule has 2 aromatic rings. The zero-order chi connectivity index (χ0) is 21.7. The highest BCUT2D eigenvalue weighted by Gasteiger charge is 2.34. The van der Waals surface area contributed by atoms with Crippen molar-refractivity contribution in [2.75, 3.05) is 25.5 Å². The first kappa shape index (κ1) is 22.2. The smallest absolute Gasteiger partial charge is 0.248 e. The van der Waals surface area contributed by atoms with E-state index in [0.29, 0.717) is 30.3 Å². The molecule has 0 saturated carbocycles. The van der Waals surface area contributed by atoms with Crippen molar-refractivity contribution in [3.05, 3.63) is 35.8 Å². The number of thiazole rings is 1. The molecule has 1 aliphatic rings. The molecule has 1 unspecified atom stereocenters. The Labute approximate surface area is 179 Å². The number of benzene rings is 1. The summed E-state index contributed by atoms with van der Waals surface area (Å²) in [5, 5.41) is 7.50. The van der Waals surface area contributed by atoms with Crippen LogP contribution in [-0.2, 0) is 19.6 Å². The molecule has 1 aliphatic heterocycles. The number of hydrogen-bond donors (Lipinski definition) is 2. The quantitative estimate of drug-likeness (QED) is 0.660. The van der Waals surface area contributed by atoms with Crippen LogP contribution in [-0.4, -0.2) is 55.8 Å². The van der Waals surface area contributed by atoms with Gasteiger partial charge in [0.05, 0.1) is 17.9 Å². The van der Waals surface area contributed by atoms with E-state index in [0.717, 1.165) is 0 Å². The van der Waals surface area contributed by atoms with Crippen molar-refractivity contribution in [2.45, 2.75) is 30.7 Å². The summed E-state index contributed by atoms with van der Waals surface area (Å²) in [4.78, 5) is 29.0. The topological polar surface area (TPSA) is 118 Å². The molecule has 30 heavy (non-hydrogen) atoms. The van der Waals surface area contributed by atoms with Crippen molar-refractivity contribution in [3.8, 4) is 5.75 Å². The molecule has 3 rings (SSSR count). The summed E-state index contributed by atoms with van der Waals surface area (Å²) >= 11 is 1.28. The fourth-order valence-corrected chi connectivity index (χ4v) is 5.22. The van der Waals surface area contributed by atoms with Gasteiger partial charge in [-0.15, -0.1) is 11.3 Å². The van der Waals surface area contributed by atoms with Crippen molar-refractivity contribution >= 4 is 38.3 Å². The molecule has 1 aromatic heterocycles. The van der Waals surface area contributed by atoms with Crippen LogP contribution in [0.15, 0.2) is 40.7 Å². The minimum atomic E-state index is -3.72. The van der Waals surface area contributed by atoms with Crippen LogP contribution >= 0.6 is 11.3 Å². The number of ether oxygens (including phenoxy) is 1. The maximum absolute atomic E-state index is 12.9. The number of nitrogens with one attached hydrogen (secondary N) is 2. The fourth-order valence-electron chi connectivity index (χ4n) is 3.17. The molecule has 0 bridgehead atoms. The number of anilines is 1. The highest BCUT2D eigenvalue weighted by molar-refractivity contribution is 7.89. The SMILES string of the molecule is COc1ccc(S(=O)(=O)N2CCCC(C(=O)N[C@@H](C)C(=O)Nc3nccs3)C2)cc1. The second-order valence-electron chi connectivity index (χ2n) is 6.93. The molecule has 0 spiro atoms. The fraction of sp³-hybridized carbons (Fsp3) is 0.421. The molecule has 0 radical (unpaired) electrons. The van der Waals surface area contributed by atoms with Gasteiger partial charge in [0.15, 0.2) is 5.13 Å². The van der Waals surface area contributed by atoms with Gasteiger partial charge in [-0.2, -0.15) is 4.31 Å². The van der Waals surface area contributed by atoms with E-state index in [1.54, 1.807) is 30.6 Å². The van der Waals surface area contributed by atoms with Crippen LogP contribution in [0.2, 0.25) is 0 Å². The third kappa shape index (κ3) is 5.15. The third-order valence-electron chi connectivity index (χ3n) is 4.87. The van der Waals surface area contributed by atoms with Gasteiger partial charge >= 0.3 is 0 Å². The molecule has 1 saturated heterocycles. The van der Waals surface area contributed by atoms with Crippen LogP contribution in [0.5, 0.6) is 5.75 Å². The first-order valence-corrected chi connectivity index (χ1v) is 11.8. The van der Waals surface area contributed by atoms with Gasteiger partial charge in [-0.1, -0.05) is 0 Å². The molecule has 162 valence electrons. The van der Waals surface area contributed by atoms with Crippen molar-refractivity contribution < 1.29 is 22.7 Å². The molecule has 9 nitrogen and oxygen atoms in total. The van der Waals surface area contributed by atoms with E-state index in [1.807, 2.05) is 0 Å².